The lowest BCUT2D eigenvalue weighted by Gasteiger charge is -2.19. The maximum absolute atomic E-state index is 11.6. The van der Waals surface area contributed by atoms with E-state index in [0.717, 1.165) is 5.56 Å². The summed E-state index contributed by atoms with van der Waals surface area (Å²) >= 11 is 12.0. The van der Waals surface area contributed by atoms with E-state index in [4.69, 9.17) is 34.5 Å². The topological polar surface area (TPSA) is 30.7 Å². The van der Waals surface area contributed by atoms with Crippen LogP contribution in [0.4, 0.5) is 5.69 Å². The fraction of sp³-hybridized carbons (Fsp3) is 0.429. The number of esters is 1. The summed E-state index contributed by atoms with van der Waals surface area (Å²) in [5, 5.41) is 0.789. The van der Waals surface area contributed by atoms with Gasteiger partial charge in [0.05, 0.1) is 6.57 Å². The van der Waals surface area contributed by atoms with Gasteiger partial charge in [0.25, 0.3) is 0 Å². The Kier molecular flexibility index (Phi) is 5.22. The molecule has 0 aromatic heterocycles. The summed E-state index contributed by atoms with van der Waals surface area (Å²) in [6.45, 7) is 12.4. The van der Waals surface area contributed by atoms with Gasteiger partial charge in [0.1, 0.15) is 5.60 Å². The van der Waals surface area contributed by atoms with Gasteiger partial charge in [-0.05, 0) is 44.9 Å². The zero-order valence-electron chi connectivity index (χ0n) is 11.1. The molecule has 5 heteroatoms. The molecule has 1 rings (SSSR count). The minimum atomic E-state index is -0.494. The number of hydrogen-bond acceptors (Lipinski definition) is 2. The normalized spacial score (nSPS) is 10.9. The minimum Gasteiger partial charge on any atom is -0.460 e. The molecule has 0 fully saturated rings. The molecule has 0 saturated carbocycles. The lowest BCUT2D eigenvalue weighted by atomic mass is 10.1. The number of ether oxygens (including phenoxy) is 1. The number of nitrogens with zero attached hydrogens (tertiary/aromatic N) is 1. The first kappa shape index (κ1) is 15.8. The Hall–Kier alpha value is -1.24. The van der Waals surface area contributed by atoms with E-state index in [1.165, 1.54) is 6.07 Å². The van der Waals surface area contributed by atoms with Crippen LogP contribution in [-0.2, 0) is 16.0 Å². The molecule has 0 aliphatic rings. The quantitative estimate of drug-likeness (QED) is 0.592. The lowest BCUT2D eigenvalue weighted by molar-refractivity contribution is -0.154. The number of benzene rings is 1. The summed E-state index contributed by atoms with van der Waals surface area (Å²) in [7, 11) is 0. The third-order valence-electron chi connectivity index (χ3n) is 2.25. The van der Waals surface area contributed by atoms with Gasteiger partial charge in [0, 0.05) is 16.5 Å². The first-order valence-corrected chi connectivity index (χ1v) is 6.56. The molecular weight excluding hydrogens is 285 g/mol. The fourth-order valence-corrected chi connectivity index (χ4v) is 1.96. The molecule has 0 amide bonds. The third kappa shape index (κ3) is 5.10. The molecule has 0 atom stereocenters. The van der Waals surface area contributed by atoms with Crippen molar-refractivity contribution in [2.24, 2.45) is 0 Å². The van der Waals surface area contributed by atoms with Gasteiger partial charge in [0.15, 0.2) is 0 Å². The molecular formula is C14H15Cl2NO2. The molecule has 0 radical (unpaired) electrons. The second-order valence-electron chi connectivity index (χ2n) is 5.09. The third-order valence-corrected chi connectivity index (χ3v) is 2.91. The van der Waals surface area contributed by atoms with Gasteiger partial charge in [-0.25, -0.2) is 4.85 Å². The molecule has 0 aliphatic heterocycles. The van der Waals surface area contributed by atoms with Crippen molar-refractivity contribution in [1.82, 2.24) is 0 Å². The van der Waals surface area contributed by atoms with Crippen LogP contribution in [0.15, 0.2) is 12.1 Å². The van der Waals surface area contributed by atoms with Gasteiger partial charge in [-0.1, -0.05) is 23.2 Å². The Labute approximate surface area is 123 Å². The Morgan fingerprint density at radius 2 is 1.95 bits per heavy atom. The van der Waals surface area contributed by atoms with Crippen molar-refractivity contribution in [1.29, 1.82) is 0 Å². The predicted octanol–water partition coefficient (Wildman–Crippen LogP) is 4.82. The standard InChI is InChI=1S/C14H15Cl2NO2/c1-14(2,3)19-13(18)6-5-9-7-11(16)12(17-4)8-10(9)15/h7-8H,5-6H2,1-3H3. The number of rotatable bonds is 3. The Bertz CT molecular complexity index is 527. The van der Waals surface area contributed by atoms with E-state index in [2.05, 4.69) is 4.85 Å². The van der Waals surface area contributed by atoms with Crippen molar-refractivity contribution in [2.45, 2.75) is 39.2 Å². The maximum atomic E-state index is 11.6. The molecule has 0 unspecified atom stereocenters. The Morgan fingerprint density at radius 3 is 2.47 bits per heavy atom. The van der Waals surface area contributed by atoms with Gasteiger partial charge < -0.3 is 4.74 Å². The fourth-order valence-electron chi connectivity index (χ4n) is 1.48. The number of hydrogen-bond donors (Lipinski definition) is 0. The Balaban J connectivity index is 2.72. The van der Waals surface area contributed by atoms with E-state index in [-0.39, 0.29) is 12.4 Å². The van der Waals surface area contributed by atoms with Crippen LogP contribution in [0, 0.1) is 6.57 Å². The number of halogens is 2. The van der Waals surface area contributed by atoms with Crippen LogP contribution in [-0.4, -0.2) is 11.6 Å². The summed E-state index contributed by atoms with van der Waals surface area (Å²) in [5.74, 6) is -0.283. The molecule has 0 aliphatic carbocycles. The Morgan fingerprint density at radius 1 is 1.32 bits per heavy atom. The van der Waals surface area contributed by atoms with Crippen molar-refractivity contribution >= 4 is 34.9 Å². The van der Waals surface area contributed by atoms with Gasteiger partial charge >= 0.3 is 5.97 Å². The highest BCUT2D eigenvalue weighted by molar-refractivity contribution is 6.35. The molecule has 0 spiro atoms. The molecule has 1 aromatic carbocycles. The van der Waals surface area contributed by atoms with Crippen LogP contribution in [0.3, 0.4) is 0 Å². The maximum Gasteiger partial charge on any atom is 0.306 e. The summed E-state index contributed by atoms with van der Waals surface area (Å²) in [6.07, 6.45) is 0.663. The van der Waals surface area contributed by atoms with Crippen LogP contribution in [0.5, 0.6) is 0 Å². The van der Waals surface area contributed by atoms with Crippen molar-refractivity contribution < 1.29 is 9.53 Å². The van der Waals surface area contributed by atoms with Crippen LogP contribution < -0.4 is 0 Å². The lowest BCUT2D eigenvalue weighted by Crippen LogP contribution is -2.24. The highest BCUT2D eigenvalue weighted by Gasteiger charge is 2.16. The number of carbonyl (C=O) groups is 1. The monoisotopic (exact) mass is 299 g/mol. The largest absolute Gasteiger partial charge is 0.460 e. The molecule has 0 bridgehead atoms. The highest BCUT2D eigenvalue weighted by Crippen LogP contribution is 2.32. The van der Waals surface area contributed by atoms with Crippen LogP contribution in [0.2, 0.25) is 10.0 Å². The molecule has 102 valence electrons. The summed E-state index contributed by atoms with van der Waals surface area (Å²) in [5.41, 5.74) is 0.560. The number of aryl methyl sites for hydroxylation is 1. The van der Waals surface area contributed by atoms with Crippen molar-refractivity contribution in [2.75, 3.05) is 0 Å². The average Bonchev–Trinajstić information content (AvgIpc) is 2.27. The predicted molar refractivity (Wildman–Crippen MR) is 76.9 cm³/mol. The molecule has 3 nitrogen and oxygen atoms in total. The van der Waals surface area contributed by atoms with Crippen molar-refractivity contribution in [3.8, 4) is 0 Å². The zero-order chi connectivity index (χ0) is 14.6. The summed E-state index contributed by atoms with van der Waals surface area (Å²) in [4.78, 5) is 14.9. The average molecular weight is 300 g/mol. The van der Waals surface area contributed by atoms with Crippen LogP contribution in [0.25, 0.3) is 4.85 Å². The van der Waals surface area contributed by atoms with Crippen LogP contribution in [0.1, 0.15) is 32.8 Å². The van der Waals surface area contributed by atoms with E-state index < -0.39 is 5.60 Å². The minimum absolute atomic E-state index is 0.227. The van der Waals surface area contributed by atoms with E-state index in [0.29, 0.717) is 22.2 Å². The van der Waals surface area contributed by atoms with Gasteiger partial charge in [0.2, 0.25) is 5.69 Å². The zero-order valence-corrected chi connectivity index (χ0v) is 12.6. The molecule has 19 heavy (non-hydrogen) atoms. The molecule has 0 heterocycles. The van der Waals surface area contributed by atoms with E-state index >= 15 is 0 Å². The second kappa shape index (κ2) is 6.27. The summed E-state index contributed by atoms with van der Waals surface area (Å²) in [6, 6.07) is 3.14. The highest BCUT2D eigenvalue weighted by atomic mass is 35.5. The van der Waals surface area contributed by atoms with E-state index in [1.54, 1.807) is 6.07 Å². The van der Waals surface area contributed by atoms with Gasteiger partial charge in [-0.2, -0.15) is 0 Å². The molecule has 0 saturated heterocycles. The molecule has 0 N–H and O–H groups in total. The first-order chi connectivity index (χ1) is 8.73. The smallest absolute Gasteiger partial charge is 0.306 e. The van der Waals surface area contributed by atoms with E-state index in [9.17, 15) is 4.79 Å². The van der Waals surface area contributed by atoms with E-state index in [1.807, 2.05) is 20.8 Å². The summed E-state index contributed by atoms with van der Waals surface area (Å²) < 4.78 is 5.21. The van der Waals surface area contributed by atoms with Gasteiger partial charge in [-0.3, -0.25) is 4.79 Å². The van der Waals surface area contributed by atoms with Gasteiger partial charge in [-0.15, -0.1) is 0 Å². The van der Waals surface area contributed by atoms with Crippen LogP contribution >= 0.6 is 23.2 Å². The second-order valence-corrected chi connectivity index (χ2v) is 5.91. The number of carbonyl (C=O) groups excluding carboxylic acids is 1. The van der Waals surface area contributed by atoms with Crippen molar-refractivity contribution in [3.05, 3.63) is 39.2 Å². The first-order valence-electron chi connectivity index (χ1n) is 5.80. The SMILES string of the molecule is [C-]#[N+]c1cc(Cl)c(CCC(=O)OC(C)(C)C)cc1Cl. The molecule has 1 aromatic rings. The van der Waals surface area contributed by atoms with Crippen molar-refractivity contribution in [3.63, 3.8) is 0 Å².